The third-order valence-corrected chi connectivity index (χ3v) is 3.42. The zero-order chi connectivity index (χ0) is 15.5. The minimum absolute atomic E-state index is 0.107. The highest BCUT2D eigenvalue weighted by Gasteiger charge is 2.28. The van der Waals surface area contributed by atoms with Crippen molar-refractivity contribution in [3.8, 4) is 0 Å². The van der Waals surface area contributed by atoms with Gasteiger partial charge in [0, 0.05) is 30.2 Å². The van der Waals surface area contributed by atoms with Crippen LogP contribution >= 0.6 is 0 Å². The van der Waals surface area contributed by atoms with Crippen molar-refractivity contribution in [2.45, 2.75) is 25.9 Å². The Morgan fingerprint density at radius 2 is 2.00 bits per heavy atom. The molecule has 0 fully saturated rings. The maximum Gasteiger partial charge on any atom is 0.390 e. The van der Waals surface area contributed by atoms with Crippen molar-refractivity contribution >= 4 is 16.8 Å². The molecule has 3 nitrogen and oxygen atoms in total. The predicted molar refractivity (Wildman–Crippen MR) is 74.9 cm³/mol. The number of nitrogens with one attached hydrogen (secondary N) is 1. The summed E-state index contributed by atoms with van der Waals surface area (Å²) in [6, 6.07) is 7.53. The molecule has 0 spiro atoms. The number of hydrogen-bond donors (Lipinski definition) is 1. The molecular weight excluding hydrogens is 281 g/mol. The van der Waals surface area contributed by atoms with Crippen LogP contribution in [0.15, 0.2) is 30.5 Å². The molecule has 2 aromatic rings. The number of hydrogen-bond acceptors (Lipinski definition) is 1. The number of likely N-dealkylation sites (N-methyl/N-ethyl adjacent to an activating group) is 1. The number of aromatic nitrogens is 1. The Kier molecular flexibility index (Phi) is 4.55. The summed E-state index contributed by atoms with van der Waals surface area (Å²) in [5, 5.41) is 0.928. The third kappa shape index (κ3) is 4.00. The predicted octanol–water partition coefficient (Wildman–Crippen LogP) is 3.51. The lowest BCUT2D eigenvalue weighted by Gasteiger charge is -2.21. The Labute approximate surface area is 120 Å². The number of amides is 1. The van der Waals surface area contributed by atoms with Gasteiger partial charge in [-0.25, -0.2) is 0 Å². The van der Waals surface area contributed by atoms with Gasteiger partial charge >= 0.3 is 6.18 Å². The summed E-state index contributed by atoms with van der Waals surface area (Å²) in [7, 11) is 0. The summed E-state index contributed by atoms with van der Waals surface area (Å²) in [6.45, 7) is 1.67. The lowest BCUT2D eigenvalue weighted by molar-refractivity contribution is -0.144. The van der Waals surface area contributed by atoms with Gasteiger partial charge in [0.1, 0.15) is 0 Å². The second-order valence-electron chi connectivity index (χ2n) is 4.87. The first-order chi connectivity index (χ1) is 9.90. The molecule has 1 heterocycles. The van der Waals surface area contributed by atoms with E-state index in [9.17, 15) is 18.0 Å². The number of carbonyl (C=O) groups excluding carboxylic acids is 1. The molecule has 1 aromatic heterocycles. The quantitative estimate of drug-likeness (QED) is 0.901. The van der Waals surface area contributed by atoms with Crippen LogP contribution in [0, 0.1) is 0 Å². The summed E-state index contributed by atoms with van der Waals surface area (Å²) in [6.07, 6.45) is -3.37. The van der Waals surface area contributed by atoms with Gasteiger partial charge in [0.25, 0.3) is 0 Å². The highest BCUT2D eigenvalue weighted by molar-refractivity contribution is 5.88. The average molecular weight is 298 g/mol. The van der Waals surface area contributed by atoms with E-state index in [4.69, 9.17) is 0 Å². The Morgan fingerprint density at radius 3 is 2.67 bits per heavy atom. The van der Waals surface area contributed by atoms with E-state index in [1.54, 1.807) is 13.1 Å². The molecule has 0 bridgehead atoms. The first-order valence-electron chi connectivity index (χ1n) is 6.80. The van der Waals surface area contributed by atoms with Crippen LogP contribution in [0.5, 0.6) is 0 Å². The molecule has 0 unspecified atom stereocenters. The molecule has 0 saturated heterocycles. The second-order valence-corrected chi connectivity index (χ2v) is 4.87. The van der Waals surface area contributed by atoms with Gasteiger partial charge in [0.15, 0.2) is 0 Å². The molecule has 0 saturated carbocycles. The summed E-state index contributed by atoms with van der Waals surface area (Å²) in [4.78, 5) is 16.4. The van der Waals surface area contributed by atoms with Crippen LogP contribution < -0.4 is 0 Å². The Hall–Kier alpha value is -1.98. The molecule has 1 N–H and O–H groups in total. The summed E-state index contributed by atoms with van der Waals surface area (Å²) < 4.78 is 36.8. The van der Waals surface area contributed by atoms with E-state index < -0.39 is 12.6 Å². The molecule has 1 aromatic carbocycles. The minimum Gasteiger partial charge on any atom is -0.361 e. The molecule has 0 atom stereocenters. The summed E-state index contributed by atoms with van der Waals surface area (Å²) in [5.74, 6) is -0.286. The van der Waals surface area contributed by atoms with E-state index >= 15 is 0 Å². The fourth-order valence-electron chi connectivity index (χ4n) is 2.27. The van der Waals surface area contributed by atoms with Gasteiger partial charge < -0.3 is 9.88 Å². The summed E-state index contributed by atoms with van der Waals surface area (Å²) in [5.41, 5.74) is 1.72. The lowest BCUT2D eigenvalue weighted by Crippen LogP contribution is -2.35. The van der Waals surface area contributed by atoms with Crippen LogP contribution in [0.4, 0.5) is 13.2 Å². The van der Waals surface area contributed by atoms with Crippen LogP contribution in [-0.2, 0) is 11.2 Å². The van der Waals surface area contributed by atoms with E-state index in [0.29, 0.717) is 0 Å². The van der Waals surface area contributed by atoms with Crippen molar-refractivity contribution < 1.29 is 18.0 Å². The Morgan fingerprint density at radius 1 is 1.29 bits per heavy atom. The number of aromatic amines is 1. The standard InChI is InChI=1S/C15H17F3N2O/c1-2-20(8-7-15(16,17)18)14(21)9-11-10-19-13-6-4-3-5-12(11)13/h3-6,10,19H,2,7-9H2,1H3. The molecule has 114 valence electrons. The number of alkyl halides is 3. The van der Waals surface area contributed by atoms with Crippen molar-refractivity contribution in [2.24, 2.45) is 0 Å². The van der Waals surface area contributed by atoms with Gasteiger partial charge in [-0.3, -0.25) is 4.79 Å². The van der Waals surface area contributed by atoms with E-state index in [-0.39, 0.29) is 25.4 Å². The number of para-hydroxylation sites is 1. The average Bonchev–Trinajstić information content (AvgIpc) is 2.82. The molecule has 21 heavy (non-hydrogen) atoms. The van der Waals surface area contributed by atoms with Crippen molar-refractivity contribution in [3.05, 3.63) is 36.0 Å². The van der Waals surface area contributed by atoms with Crippen LogP contribution in [0.2, 0.25) is 0 Å². The molecule has 6 heteroatoms. The van der Waals surface area contributed by atoms with Crippen molar-refractivity contribution in [3.63, 3.8) is 0 Å². The molecule has 0 radical (unpaired) electrons. The fraction of sp³-hybridized carbons (Fsp3) is 0.400. The Balaban J connectivity index is 2.05. The van der Waals surface area contributed by atoms with Crippen LogP contribution in [0.3, 0.4) is 0 Å². The van der Waals surface area contributed by atoms with Crippen molar-refractivity contribution in [2.75, 3.05) is 13.1 Å². The second kappa shape index (κ2) is 6.20. The van der Waals surface area contributed by atoms with E-state index in [1.807, 2.05) is 24.3 Å². The molecule has 1 amide bonds. The molecule has 0 aliphatic heterocycles. The SMILES string of the molecule is CCN(CCC(F)(F)F)C(=O)Cc1c[nH]c2ccccc12. The van der Waals surface area contributed by atoms with Crippen molar-refractivity contribution in [1.29, 1.82) is 0 Å². The number of carbonyl (C=O) groups is 1. The van der Waals surface area contributed by atoms with E-state index in [1.165, 1.54) is 4.90 Å². The van der Waals surface area contributed by atoms with Gasteiger partial charge in [0.2, 0.25) is 5.91 Å². The largest absolute Gasteiger partial charge is 0.390 e. The topological polar surface area (TPSA) is 36.1 Å². The van der Waals surface area contributed by atoms with Gasteiger partial charge in [-0.2, -0.15) is 13.2 Å². The van der Waals surface area contributed by atoms with Crippen molar-refractivity contribution in [1.82, 2.24) is 9.88 Å². The van der Waals surface area contributed by atoms with Gasteiger partial charge in [-0.05, 0) is 18.6 Å². The number of benzene rings is 1. The molecule has 2 rings (SSSR count). The zero-order valence-corrected chi connectivity index (χ0v) is 11.7. The number of rotatable bonds is 5. The summed E-state index contributed by atoms with van der Waals surface area (Å²) >= 11 is 0. The van der Waals surface area contributed by atoms with E-state index in [0.717, 1.165) is 16.5 Å². The fourth-order valence-corrected chi connectivity index (χ4v) is 2.27. The first kappa shape index (κ1) is 15.4. The highest BCUT2D eigenvalue weighted by Crippen LogP contribution is 2.21. The highest BCUT2D eigenvalue weighted by atomic mass is 19.4. The first-order valence-corrected chi connectivity index (χ1v) is 6.80. The number of halogens is 3. The minimum atomic E-state index is -4.24. The van der Waals surface area contributed by atoms with E-state index in [2.05, 4.69) is 4.98 Å². The van der Waals surface area contributed by atoms with Crippen LogP contribution in [0.25, 0.3) is 10.9 Å². The normalized spacial score (nSPS) is 11.8. The maximum absolute atomic E-state index is 12.3. The number of nitrogens with zero attached hydrogens (tertiary/aromatic N) is 1. The van der Waals surface area contributed by atoms with Gasteiger partial charge in [0.05, 0.1) is 12.8 Å². The van der Waals surface area contributed by atoms with Crippen LogP contribution in [-0.4, -0.2) is 35.1 Å². The smallest absolute Gasteiger partial charge is 0.361 e. The lowest BCUT2D eigenvalue weighted by atomic mass is 10.1. The third-order valence-electron chi connectivity index (χ3n) is 3.42. The molecule has 0 aliphatic carbocycles. The van der Waals surface area contributed by atoms with Crippen LogP contribution in [0.1, 0.15) is 18.9 Å². The number of fused-ring (bicyclic) bond motifs is 1. The van der Waals surface area contributed by atoms with Gasteiger partial charge in [-0.1, -0.05) is 18.2 Å². The van der Waals surface area contributed by atoms with Gasteiger partial charge in [-0.15, -0.1) is 0 Å². The Bertz CT molecular complexity index is 619. The molecular formula is C15H17F3N2O. The molecule has 0 aliphatic rings. The monoisotopic (exact) mass is 298 g/mol. The number of H-pyrrole nitrogens is 1. The zero-order valence-electron chi connectivity index (χ0n) is 11.7. The maximum atomic E-state index is 12.3.